The maximum atomic E-state index is 14.6. The molecule has 0 atom stereocenters. The summed E-state index contributed by atoms with van der Waals surface area (Å²) in [7, 11) is -4.23. The molecule has 0 bridgehead atoms. The van der Waals surface area contributed by atoms with E-state index in [0.29, 0.717) is 28.8 Å². The van der Waals surface area contributed by atoms with E-state index in [9.17, 15) is 23.3 Å². The topological polar surface area (TPSA) is 133 Å². The van der Waals surface area contributed by atoms with E-state index in [1.54, 1.807) is 41.8 Å². The Morgan fingerprint density at radius 2 is 1.73 bits per heavy atom. The molecule has 3 aromatic carbocycles. The monoisotopic (exact) mass is 642 g/mol. The summed E-state index contributed by atoms with van der Waals surface area (Å²) in [6.45, 7) is 10.7. The number of rotatable bonds is 10. The molecular weight excluding hydrogens is 609 g/mol. The summed E-state index contributed by atoms with van der Waals surface area (Å²) in [5.41, 5.74) is 2.94. The van der Waals surface area contributed by atoms with Gasteiger partial charge in [0.15, 0.2) is 5.82 Å². The van der Waals surface area contributed by atoms with Crippen molar-refractivity contribution in [3.05, 3.63) is 94.4 Å². The number of esters is 1. The molecule has 0 N–H and O–H groups in total. The number of ether oxygens (including phenoxy) is 2. The summed E-state index contributed by atoms with van der Waals surface area (Å²) in [5.74, 6) is -1.38. The average molecular weight is 643 g/mol. The van der Waals surface area contributed by atoms with Crippen LogP contribution in [0.5, 0.6) is 0 Å². The van der Waals surface area contributed by atoms with Gasteiger partial charge in [-0.05, 0) is 67.9 Å². The summed E-state index contributed by atoms with van der Waals surface area (Å²) in [5, 5.41) is 9.80. The Hall–Kier alpha value is -4.57. The number of nitrogens with zero attached hydrogens (tertiary/aromatic N) is 4. The zero-order chi connectivity index (χ0) is 32.7. The number of hydrogen-bond acceptors (Lipinski definition) is 8. The largest absolute Gasteiger partial charge is 0.465 e. The fourth-order valence-corrected chi connectivity index (χ4v) is 7.35. The number of aryl methyl sites for hydroxylation is 2. The van der Waals surface area contributed by atoms with E-state index in [1.807, 2.05) is 6.92 Å². The zero-order valence-electron chi connectivity index (χ0n) is 26.0. The highest BCUT2D eigenvalue weighted by Crippen LogP contribution is 2.33. The summed E-state index contributed by atoms with van der Waals surface area (Å²) >= 11 is 0. The predicted molar refractivity (Wildman–Crippen MR) is 174 cm³/mol. The van der Waals surface area contributed by atoms with Crippen molar-refractivity contribution in [3.8, 4) is 6.07 Å². The summed E-state index contributed by atoms with van der Waals surface area (Å²) in [6.07, 6.45) is 1.38. The minimum Gasteiger partial charge on any atom is -0.465 e. The summed E-state index contributed by atoms with van der Waals surface area (Å²) in [4.78, 5) is 32.3. The molecule has 232 valence electrons. The van der Waals surface area contributed by atoms with Gasteiger partial charge < -0.3 is 9.47 Å². The Morgan fingerprint density at radius 1 is 1.02 bits per heavy atom. The van der Waals surface area contributed by atoms with Crippen LogP contribution in [0.3, 0.4) is 0 Å². The van der Waals surface area contributed by atoms with Crippen molar-refractivity contribution in [2.75, 3.05) is 13.7 Å². The average Bonchev–Trinajstić information content (AvgIpc) is 3.61. The Bertz CT molecular complexity index is 2120. The van der Waals surface area contributed by atoms with Crippen molar-refractivity contribution in [3.63, 3.8) is 0 Å². The lowest BCUT2D eigenvalue weighted by atomic mass is 9.96. The second-order valence-corrected chi connectivity index (χ2v) is 19.6. The maximum absolute atomic E-state index is 14.6. The first-order valence-corrected chi connectivity index (χ1v) is 19.5. The van der Waals surface area contributed by atoms with Gasteiger partial charge in [-0.1, -0.05) is 37.3 Å². The molecule has 2 heterocycles. The first-order chi connectivity index (χ1) is 21.3. The van der Waals surface area contributed by atoms with Crippen LogP contribution in [0.4, 0.5) is 0 Å². The molecule has 0 saturated heterocycles. The highest BCUT2D eigenvalue weighted by molar-refractivity contribution is 7.90. The van der Waals surface area contributed by atoms with Crippen molar-refractivity contribution in [1.29, 1.82) is 5.26 Å². The van der Waals surface area contributed by atoms with Crippen molar-refractivity contribution >= 4 is 51.8 Å². The number of fused-ring (bicyclic) bond motifs is 2. The lowest BCUT2D eigenvalue weighted by molar-refractivity contribution is 0.0597. The van der Waals surface area contributed by atoms with Crippen LogP contribution in [-0.2, 0) is 26.2 Å². The van der Waals surface area contributed by atoms with Crippen LogP contribution < -0.4 is 0 Å². The fourth-order valence-electron chi connectivity index (χ4n) is 5.19. The number of carbonyl (C=O) groups excluding carboxylic acids is 2. The molecule has 0 aliphatic heterocycles. The number of imidazole rings is 1. The highest BCUT2D eigenvalue weighted by atomic mass is 32.2. The molecule has 0 amide bonds. The van der Waals surface area contributed by atoms with Gasteiger partial charge >= 0.3 is 5.97 Å². The van der Waals surface area contributed by atoms with E-state index in [0.717, 1.165) is 15.6 Å². The van der Waals surface area contributed by atoms with Gasteiger partial charge in [-0.15, -0.1) is 0 Å². The van der Waals surface area contributed by atoms with Crippen molar-refractivity contribution in [2.45, 2.75) is 51.2 Å². The second kappa shape index (κ2) is 12.1. The SMILES string of the molecule is COC(=O)c1cc(C)c2c(ccn2S(=O)(=O)c2ccc(C)cc2)c1C(=O)c1nc2ccc(C#N)cc2n1COCC[Si](C)(C)C. The first-order valence-electron chi connectivity index (χ1n) is 14.3. The molecule has 10 nitrogen and oxygen atoms in total. The Morgan fingerprint density at radius 3 is 2.38 bits per heavy atom. The van der Waals surface area contributed by atoms with Crippen molar-refractivity contribution in [1.82, 2.24) is 13.5 Å². The van der Waals surface area contributed by atoms with Gasteiger partial charge in [0, 0.05) is 31.8 Å². The van der Waals surface area contributed by atoms with Crippen LogP contribution in [0.2, 0.25) is 25.7 Å². The third kappa shape index (κ3) is 6.06. The van der Waals surface area contributed by atoms with Crippen molar-refractivity contribution in [2.24, 2.45) is 0 Å². The van der Waals surface area contributed by atoms with Crippen LogP contribution in [0.25, 0.3) is 21.9 Å². The van der Waals surface area contributed by atoms with Gasteiger partial charge in [0.1, 0.15) is 6.73 Å². The molecular formula is C33H34N4O6SSi. The lowest BCUT2D eigenvalue weighted by Gasteiger charge is -2.17. The van der Waals surface area contributed by atoms with Crippen LogP contribution >= 0.6 is 0 Å². The molecule has 0 spiro atoms. The summed E-state index contributed by atoms with van der Waals surface area (Å²) in [6, 6.07) is 17.4. The van der Waals surface area contributed by atoms with E-state index < -0.39 is 29.8 Å². The van der Waals surface area contributed by atoms with E-state index >= 15 is 0 Å². The number of aromatic nitrogens is 3. The van der Waals surface area contributed by atoms with Gasteiger partial charge in [-0.3, -0.25) is 9.36 Å². The van der Waals surface area contributed by atoms with Crippen LogP contribution in [0.1, 0.15) is 43.2 Å². The van der Waals surface area contributed by atoms with E-state index in [-0.39, 0.29) is 39.5 Å². The van der Waals surface area contributed by atoms with Crippen LogP contribution in [0, 0.1) is 25.2 Å². The van der Waals surface area contributed by atoms with Gasteiger partial charge in [-0.2, -0.15) is 5.26 Å². The lowest BCUT2D eigenvalue weighted by Crippen LogP contribution is -2.22. The second-order valence-electron chi connectivity index (χ2n) is 12.2. The number of ketones is 1. The van der Waals surface area contributed by atoms with Crippen molar-refractivity contribution < 1.29 is 27.5 Å². The number of carbonyl (C=O) groups is 2. The van der Waals surface area contributed by atoms with Crippen LogP contribution in [-0.4, -0.2) is 55.5 Å². The molecule has 0 radical (unpaired) electrons. The number of nitriles is 1. The molecule has 12 heteroatoms. The Balaban J connectivity index is 1.72. The standard InChI is InChI=1S/C33H34N4O6SSi/c1-21-7-10-24(11-8-21)44(40,41)37-14-13-25-29(26(33(39)42-3)17-22(2)30(25)37)31(38)32-35-27-12-9-23(19-34)18-28(27)36(32)20-43-15-16-45(4,5)6/h7-14,17-18H,15-16,20H2,1-6H3. The molecule has 5 rings (SSSR count). The molecule has 2 aromatic heterocycles. The Kier molecular flexibility index (Phi) is 8.55. The van der Waals surface area contributed by atoms with E-state index in [4.69, 9.17) is 9.47 Å². The normalized spacial score (nSPS) is 12.0. The summed E-state index contributed by atoms with van der Waals surface area (Å²) < 4.78 is 41.3. The minimum absolute atomic E-state index is 0.0116. The smallest absolute Gasteiger partial charge is 0.338 e. The molecule has 0 saturated carbocycles. The third-order valence-electron chi connectivity index (χ3n) is 7.63. The number of hydrogen-bond donors (Lipinski definition) is 0. The van der Waals surface area contributed by atoms with E-state index in [1.165, 1.54) is 37.6 Å². The predicted octanol–water partition coefficient (Wildman–Crippen LogP) is 6.05. The molecule has 45 heavy (non-hydrogen) atoms. The fraction of sp³-hybridized carbons (Fsp3) is 0.273. The Labute approximate surface area is 262 Å². The molecule has 5 aromatic rings. The highest BCUT2D eigenvalue weighted by Gasteiger charge is 2.30. The molecule has 0 aliphatic carbocycles. The van der Waals surface area contributed by atoms with Gasteiger partial charge in [0.05, 0.1) is 45.8 Å². The van der Waals surface area contributed by atoms with Gasteiger partial charge in [0.25, 0.3) is 10.0 Å². The van der Waals surface area contributed by atoms with Crippen LogP contribution in [0.15, 0.2) is 65.7 Å². The van der Waals surface area contributed by atoms with Gasteiger partial charge in [-0.25, -0.2) is 22.2 Å². The maximum Gasteiger partial charge on any atom is 0.338 e. The molecule has 0 aliphatic rings. The first kappa shape index (κ1) is 31.8. The number of methoxy groups -OCH3 is 1. The quantitative estimate of drug-likeness (QED) is 0.0779. The molecule has 0 fully saturated rings. The third-order valence-corrected chi connectivity index (χ3v) is 11.0. The van der Waals surface area contributed by atoms with Gasteiger partial charge in [0.2, 0.25) is 5.78 Å². The number of benzene rings is 3. The zero-order valence-corrected chi connectivity index (χ0v) is 27.9. The van der Waals surface area contributed by atoms with E-state index in [2.05, 4.69) is 30.7 Å². The minimum atomic E-state index is -4.05. The molecule has 0 unspecified atom stereocenters.